The summed E-state index contributed by atoms with van der Waals surface area (Å²) in [4.78, 5) is 52.9. The number of esters is 2. The fraction of sp³-hybridized carbons (Fsp3) is 0.333. The van der Waals surface area contributed by atoms with Gasteiger partial charge in [-0.2, -0.15) is 0 Å². The van der Waals surface area contributed by atoms with Gasteiger partial charge in [0.2, 0.25) is 5.91 Å². The first kappa shape index (κ1) is 26.0. The molecular weight excluding hydrogens is 476 g/mol. The topological polar surface area (TPSA) is 117 Å². The van der Waals surface area contributed by atoms with E-state index in [2.05, 4.69) is 10.6 Å². The van der Waals surface area contributed by atoms with Crippen LogP contribution >= 0.6 is 11.6 Å². The monoisotopic (exact) mass is 502 g/mol. The van der Waals surface area contributed by atoms with Gasteiger partial charge in [0.1, 0.15) is 0 Å². The lowest BCUT2D eigenvalue weighted by Crippen LogP contribution is -2.39. The third-order valence-electron chi connectivity index (χ3n) is 5.42. The predicted octanol–water partition coefficient (Wildman–Crippen LogP) is 3.09. The largest absolute Gasteiger partial charge is 0.465 e. The Kier molecular flexibility index (Phi) is 9.04. The predicted molar refractivity (Wildman–Crippen MR) is 131 cm³/mol. The summed E-state index contributed by atoms with van der Waals surface area (Å²) in [6.07, 6.45) is 0.669. The number of para-hydroxylation sites is 1. The van der Waals surface area contributed by atoms with Crippen molar-refractivity contribution >= 4 is 46.9 Å². The summed E-state index contributed by atoms with van der Waals surface area (Å²) in [6.45, 7) is 2.19. The standard InChI is InChI=1S/C24H27ClN4O6/c1-34-22(31)16-12-17(23(32)35-2)14-18(13-16)26-24(33)29-9-5-8-28(10-11-29)15-21(30)27-20-7-4-3-6-19(20)25/h3-4,6-7,12-14H,5,8-11,15H2,1-2H3,(H,26,33)(H,27,30). The first-order valence-corrected chi connectivity index (χ1v) is 11.3. The summed E-state index contributed by atoms with van der Waals surface area (Å²) in [5.41, 5.74) is 1.03. The van der Waals surface area contributed by atoms with E-state index in [-0.39, 0.29) is 35.3 Å². The Hall–Kier alpha value is -3.63. The molecule has 1 fully saturated rings. The zero-order valence-electron chi connectivity index (χ0n) is 19.5. The van der Waals surface area contributed by atoms with Gasteiger partial charge in [-0.05, 0) is 36.8 Å². The average molecular weight is 503 g/mol. The molecule has 0 spiro atoms. The van der Waals surface area contributed by atoms with Crippen LogP contribution in [0.4, 0.5) is 16.2 Å². The van der Waals surface area contributed by atoms with Crippen LogP contribution in [-0.4, -0.2) is 80.6 Å². The summed E-state index contributed by atoms with van der Waals surface area (Å²) in [5, 5.41) is 6.00. The SMILES string of the molecule is COC(=O)c1cc(NC(=O)N2CCCN(CC(=O)Nc3ccccc3Cl)CC2)cc(C(=O)OC)c1. The normalized spacial score (nSPS) is 14.0. The van der Waals surface area contributed by atoms with Crippen LogP contribution in [0.25, 0.3) is 0 Å². The van der Waals surface area contributed by atoms with Gasteiger partial charge in [-0.3, -0.25) is 9.69 Å². The highest BCUT2D eigenvalue weighted by Crippen LogP contribution is 2.21. The number of nitrogens with one attached hydrogen (secondary N) is 2. The molecule has 0 unspecified atom stereocenters. The number of benzene rings is 2. The van der Waals surface area contributed by atoms with E-state index in [1.54, 1.807) is 29.2 Å². The summed E-state index contributed by atoms with van der Waals surface area (Å²) in [6, 6.07) is 10.8. The molecule has 2 aromatic carbocycles. The number of amides is 3. The van der Waals surface area contributed by atoms with Crippen molar-refractivity contribution in [2.24, 2.45) is 0 Å². The van der Waals surface area contributed by atoms with Crippen LogP contribution in [0.5, 0.6) is 0 Å². The molecule has 0 aromatic heterocycles. The van der Waals surface area contributed by atoms with Crippen molar-refractivity contribution < 1.29 is 28.7 Å². The molecule has 1 saturated heterocycles. The molecule has 0 atom stereocenters. The molecule has 3 rings (SSSR count). The summed E-state index contributed by atoms with van der Waals surface area (Å²) in [5.74, 6) is -1.48. The van der Waals surface area contributed by atoms with Crippen molar-refractivity contribution in [2.45, 2.75) is 6.42 Å². The van der Waals surface area contributed by atoms with E-state index in [0.29, 0.717) is 43.3 Å². The maximum absolute atomic E-state index is 12.9. The third kappa shape index (κ3) is 7.17. The van der Waals surface area contributed by atoms with E-state index in [1.165, 1.54) is 32.4 Å². The molecule has 0 radical (unpaired) electrons. The maximum atomic E-state index is 12.9. The van der Waals surface area contributed by atoms with Crippen LogP contribution in [0.15, 0.2) is 42.5 Å². The van der Waals surface area contributed by atoms with Gasteiger partial charge < -0.3 is 25.0 Å². The number of halogens is 1. The van der Waals surface area contributed by atoms with Gasteiger partial charge in [0.25, 0.3) is 0 Å². The molecule has 0 aliphatic carbocycles. The molecule has 1 heterocycles. The Morgan fingerprint density at radius 2 is 1.54 bits per heavy atom. The Bertz CT molecular complexity index is 1070. The van der Waals surface area contributed by atoms with Crippen molar-refractivity contribution in [2.75, 3.05) is 57.6 Å². The van der Waals surface area contributed by atoms with Crippen LogP contribution in [-0.2, 0) is 14.3 Å². The van der Waals surface area contributed by atoms with Crippen LogP contribution < -0.4 is 10.6 Å². The first-order chi connectivity index (χ1) is 16.8. The van der Waals surface area contributed by atoms with E-state index in [9.17, 15) is 19.2 Å². The smallest absolute Gasteiger partial charge is 0.337 e. The minimum Gasteiger partial charge on any atom is -0.465 e. The molecule has 0 saturated carbocycles. The number of hydrogen-bond acceptors (Lipinski definition) is 7. The second kappa shape index (κ2) is 12.2. The van der Waals surface area contributed by atoms with Crippen molar-refractivity contribution in [3.8, 4) is 0 Å². The summed E-state index contributed by atoms with van der Waals surface area (Å²) >= 11 is 6.10. The molecule has 0 bridgehead atoms. The van der Waals surface area contributed by atoms with Gasteiger partial charge >= 0.3 is 18.0 Å². The van der Waals surface area contributed by atoms with E-state index >= 15 is 0 Å². The number of nitrogens with zero attached hydrogens (tertiary/aromatic N) is 2. The zero-order chi connectivity index (χ0) is 25.4. The number of hydrogen-bond donors (Lipinski definition) is 2. The quantitative estimate of drug-likeness (QED) is 0.583. The third-order valence-corrected chi connectivity index (χ3v) is 5.75. The lowest BCUT2D eigenvalue weighted by Gasteiger charge is -2.22. The fourth-order valence-electron chi connectivity index (χ4n) is 3.66. The highest BCUT2D eigenvalue weighted by molar-refractivity contribution is 6.33. The molecule has 2 N–H and O–H groups in total. The lowest BCUT2D eigenvalue weighted by atomic mass is 10.1. The number of anilines is 2. The van der Waals surface area contributed by atoms with Gasteiger partial charge in [-0.15, -0.1) is 0 Å². The Labute approximate surface area is 208 Å². The van der Waals surface area contributed by atoms with Gasteiger partial charge in [0.15, 0.2) is 0 Å². The van der Waals surface area contributed by atoms with Gasteiger partial charge in [-0.25, -0.2) is 14.4 Å². The number of carbonyl (C=O) groups excluding carboxylic acids is 4. The zero-order valence-corrected chi connectivity index (χ0v) is 20.3. The molecule has 35 heavy (non-hydrogen) atoms. The molecular formula is C24H27ClN4O6. The van der Waals surface area contributed by atoms with Crippen molar-refractivity contribution in [3.63, 3.8) is 0 Å². The molecule has 186 valence electrons. The summed E-state index contributed by atoms with van der Waals surface area (Å²) < 4.78 is 9.45. The van der Waals surface area contributed by atoms with Gasteiger partial charge in [-0.1, -0.05) is 23.7 Å². The number of rotatable bonds is 6. The molecule has 2 aromatic rings. The molecule has 3 amide bonds. The molecule has 1 aliphatic rings. The van der Waals surface area contributed by atoms with Crippen molar-refractivity contribution in [1.29, 1.82) is 0 Å². The first-order valence-electron chi connectivity index (χ1n) is 10.9. The van der Waals surface area contributed by atoms with E-state index < -0.39 is 11.9 Å². The fourth-order valence-corrected chi connectivity index (χ4v) is 3.84. The van der Waals surface area contributed by atoms with Crippen molar-refractivity contribution in [3.05, 3.63) is 58.6 Å². The Morgan fingerprint density at radius 3 is 2.17 bits per heavy atom. The van der Waals surface area contributed by atoms with Crippen molar-refractivity contribution in [1.82, 2.24) is 9.80 Å². The summed E-state index contributed by atoms with van der Waals surface area (Å²) in [7, 11) is 2.45. The second-order valence-electron chi connectivity index (χ2n) is 7.86. The Balaban J connectivity index is 1.60. The van der Waals surface area contributed by atoms with Crippen LogP contribution in [0.2, 0.25) is 5.02 Å². The van der Waals surface area contributed by atoms with Gasteiger partial charge in [0, 0.05) is 31.9 Å². The Morgan fingerprint density at radius 1 is 0.886 bits per heavy atom. The minimum absolute atomic E-state index is 0.109. The number of carbonyl (C=O) groups is 4. The highest BCUT2D eigenvalue weighted by Gasteiger charge is 2.22. The van der Waals surface area contributed by atoms with Gasteiger partial charge in [0.05, 0.1) is 42.6 Å². The van der Waals surface area contributed by atoms with Crippen LogP contribution in [0, 0.1) is 0 Å². The average Bonchev–Trinajstić information content (AvgIpc) is 3.09. The lowest BCUT2D eigenvalue weighted by molar-refractivity contribution is -0.117. The molecule has 11 heteroatoms. The molecule has 1 aliphatic heterocycles. The number of ether oxygens (including phenoxy) is 2. The molecule has 10 nitrogen and oxygen atoms in total. The minimum atomic E-state index is -0.647. The van der Waals surface area contributed by atoms with E-state index in [1.807, 2.05) is 4.90 Å². The highest BCUT2D eigenvalue weighted by atomic mass is 35.5. The van der Waals surface area contributed by atoms with E-state index in [4.69, 9.17) is 21.1 Å². The van der Waals surface area contributed by atoms with E-state index in [0.717, 1.165) is 0 Å². The number of urea groups is 1. The number of methoxy groups -OCH3 is 2. The van der Waals surface area contributed by atoms with Crippen LogP contribution in [0.3, 0.4) is 0 Å². The maximum Gasteiger partial charge on any atom is 0.337 e. The second-order valence-corrected chi connectivity index (χ2v) is 8.26. The van der Waals surface area contributed by atoms with Crippen LogP contribution in [0.1, 0.15) is 27.1 Å².